The van der Waals surface area contributed by atoms with Crippen molar-refractivity contribution >= 4 is 34.5 Å². The van der Waals surface area contributed by atoms with Crippen molar-refractivity contribution in [1.29, 1.82) is 0 Å². The first-order valence-electron chi connectivity index (χ1n) is 2.33. The predicted octanol–water partition coefficient (Wildman–Crippen LogP) is 2.13. The summed E-state index contributed by atoms with van der Waals surface area (Å²) in [6.45, 7) is 0. The zero-order chi connectivity index (χ0) is 6.69. The van der Waals surface area contributed by atoms with Gasteiger partial charge in [0, 0.05) is 0 Å². The second-order valence-corrected chi connectivity index (χ2v) is 13.0. The number of hydrogen-bond acceptors (Lipinski definition) is 2. The summed E-state index contributed by atoms with van der Waals surface area (Å²) in [4.78, 5) is 10.2. The van der Waals surface area contributed by atoms with E-state index >= 15 is 0 Å². The first-order chi connectivity index (χ1) is 4.30. The van der Waals surface area contributed by atoms with Gasteiger partial charge >= 0.3 is 71.6 Å². The summed E-state index contributed by atoms with van der Waals surface area (Å²) in [7, 11) is 0. The Morgan fingerprint density at radius 2 is 2.44 bits per heavy atom. The van der Waals surface area contributed by atoms with Crippen LogP contribution in [0.5, 0.6) is 0 Å². The van der Waals surface area contributed by atoms with Crippen LogP contribution in [0.2, 0.25) is 0 Å². The fourth-order valence-electron chi connectivity index (χ4n) is 0.429. The first-order valence-corrected chi connectivity index (χ1v) is 11.9. The zero-order valence-corrected chi connectivity index (χ0v) is 9.20. The third-order valence-electron chi connectivity index (χ3n) is 0.813. The third kappa shape index (κ3) is 2.32. The van der Waals surface area contributed by atoms with Crippen LogP contribution in [-0.4, -0.2) is 14.9 Å². The van der Waals surface area contributed by atoms with E-state index in [4.69, 9.17) is 0 Å². The van der Waals surface area contributed by atoms with Gasteiger partial charge in [-0.1, -0.05) is 0 Å². The number of nitrogens with zero attached hydrogens (tertiary/aromatic N) is 2. The van der Waals surface area contributed by atoms with E-state index < -0.39 is 15.8 Å². The number of alkyl halides is 1. The maximum absolute atomic E-state index is 4.13. The molecule has 0 aromatic carbocycles. The minimum absolute atomic E-state index is 0.862. The molecule has 0 bridgehead atoms. The van der Waals surface area contributed by atoms with Crippen LogP contribution < -0.4 is 0 Å². The molecule has 0 saturated carbocycles. The molecule has 9 heavy (non-hydrogen) atoms. The van der Waals surface area contributed by atoms with Gasteiger partial charge < -0.3 is 0 Å². The Bertz CT molecular complexity index is 176. The molecule has 2 nitrogen and oxygen atoms in total. The van der Waals surface area contributed by atoms with Crippen molar-refractivity contribution in [2.45, 2.75) is 0 Å². The van der Waals surface area contributed by atoms with Gasteiger partial charge in [0.05, 0.1) is 0 Å². The molecule has 4 heteroatoms. The van der Waals surface area contributed by atoms with Crippen molar-refractivity contribution in [3.63, 3.8) is 0 Å². The van der Waals surface area contributed by atoms with E-state index in [1.165, 1.54) is 3.70 Å². The van der Waals surface area contributed by atoms with Gasteiger partial charge in [-0.15, -0.1) is 0 Å². The molecule has 0 spiro atoms. The van der Waals surface area contributed by atoms with E-state index in [1.54, 1.807) is 12.5 Å². The Morgan fingerprint density at radius 3 is 2.78 bits per heavy atom. The van der Waals surface area contributed by atoms with Crippen LogP contribution in [0.15, 0.2) is 18.6 Å². The molecule has 0 aliphatic rings. The van der Waals surface area contributed by atoms with Crippen LogP contribution in [0.3, 0.4) is 0 Å². The van der Waals surface area contributed by atoms with Crippen molar-refractivity contribution < 1.29 is 0 Å². The molecule has 0 N–H and O–H groups in total. The van der Waals surface area contributed by atoms with Gasteiger partial charge in [0.2, 0.25) is 0 Å². The van der Waals surface area contributed by atoms with Gasteiger partial charge in [0.25, 0.3) is 0 Å². The normalized spacial score (nSPS) is 11.1. The standard InChI is InChI=1S/C5H6I2N2/c1-7(6)5-2-3-8-4-9-5/h2-4H,1H3. The molecule has 1 heterocycles. The van der Waals surface area contributed by atoms with Crippen LogP contribution in [0.4, 0.5) is 0 Å². The fraction of sp³-hybridized carbons (Fsp3) is 0.200. The minimum atomic E-state index is -0.862. The second kappa shape index (κ2) is 3.65. The molecule has 0 fully saturated rings. The van der Waals surface area contributed by atoms with Crippen molar-refractivity contribution in [1.82, 2.24) is 9.97 Å². The predicted molar refractivity (Wildman–Crippen MR) is 54.7 cm³/mol. The van der Waals surface area contributed by atoms with Gasteiger partial charge in [-0.05, 0) is 0 Å². The van der Waals surface area contributed by atoms with Crippen molar-refractivity contribution in [2.24, 2.45) is 0 Å². The summed E-state index contributed by atoms with van der Waals surface area (Å²) in [6, 6.07) is 2.00. The molecule has 0 amide bonds. The van der Waals surface area contributed by atoms with Crippen LogP contribution in [-0.2, 0) is 0 Å². The SMILES string of the molecule is CI(I)c1ccncn1. The van der Waals surface area contributed by atoms with E-state index in [1.807, 2.05) is 6.07 Å². The fourth-order valence-corrected chi connectivity index (χ4v) is 3.21. The molecule has 50 valence electrons. The van der Waals surface area contributed by atoms with Crippen LogP contribution >= 0.6 is 34.5 Å². The first kappa shape index (κ1) is 7.64. The number of halogens is 2. The summed E-state index contributed by atoms with van der Waals surface area (Å²) in [5.41, 5.74) is 0. The summed E-state index contributed by atoms with van der Waals surface area (Å²) in [6.07, 6.45) is 3.41. The summed E-state index contributed by atoms with van der Waals surface area (Å²) >= 11 is 1.61. The van der Waals surface area contributed by atoms with Crippen LogP contribution in [0, 0.1) is 3.70 Å². The summed E-state index contributed by atoms with van der Waals surface area (Å²) < 4.78 is 1.25. The average Bonchev–Trinajstić information content (AvgIpc) is 1.90. The van der Waals surface area contributed by atoms with Gasteiger partial charge in [0.15, 0.2) is 0 Å². The van der Waals surface area contributed by atoms with E-state index in [-0.39, 0.29) is 0 Å². The molecule has 1 aromatic heterocycles. The number of hydrogen-bond donors (Lipinski definition) is 0. The Kier molecular flexibility index (Phi) is 3.10. The van der Waals surface area contributed by atoms with Crippen molar-refractivity contribution in [2.75, 3.05) is 4.93 Å². The molecule has 1 aromatic rings. The zero-order valence-electron chi connectivity index (χ0n) is 4.88. The molecule has 0 atom stereocenters. The molecule has 0 aliphatic carbocycles. The number of rotatable bonds is 1. The van der Waals surface area contributed by atoms with Crippen molar-refractivity contribution in [3.05, 3.63) is 22.3 Å². The molecular weight excluding hydrogens is 342 g/mol. The van der Waals surface area contributed by atoms with Crippen LogP contribution in [0.25, 0.3) is 0 Å². The Hall–Kier alpha value is 0.540. The molecule has 0 unspecified atom stereocenters. The summed E-state index contributed by atoms with van der Waals surface area (Å²) in [5.74, 6) is 0. The Balaban J connectivity index is 2.85. The number of aromatic nitrogens is 2. The van der Waals surface area contributed by atoms with E-state index in [0.717, 1.165) is 0 Å². The topological polar surface area (TPSA) is 25.8 Å². The third-order valence-corrected chi connectivity index (χ3v) is 5.78. The van der Waals surface area contributed by atoms with E-state index in [2.05, 4.69) is 33.5 Å². The van der Waals surface area contributed by atoms with E-state index in [0.29, 0.717) is 0 Å². The van der Waals surface area contributed by atoms with Crippen LogP contribution in [0.1, 0.15) is 0 Å². The molecule has 0 saturated heterocycles. The summed E-state index contributed by atoms with van der Waals surface area (Å²) in [5, 5.41) is 0. The van der Waals surface area contributed by atoms with Gasteiger partial charge in [0.1, 0.15) is 0 Å². The monoisotopic (exact) mass is 348 g/mol. The Labute approximate surface area is 71.0 Å². The van der Waals surface area contributed by atoms with Crippen molar-refractivity contribution in [3.8, 4) is 0 Å². The molecule has 0 aliphatic heterocycles. The quantitative estimate of drug-likeness (QED) is 0.442. The molecule has 1 rings (SSSR count). The molecule has 0 radical (unpaired) electrons. The Morgan fingerprint density at radius 1 is 1.67 bits per heavy atom. The maximum atomic E-state index is 4.13. The van der Waals surface area contributed by atoms with E-state index in [9.17, 15) is 0 Å². The molecular formula is C5H6I2N2. The average molecular weight is 348 g/mol. The second-order valence-electron chi connectivity index (χ2n) is 1.44. The van der Waals surface area contributed by atoms with Gasteiger partial charge in [-0.25, -0.2) is 0 Å². The van der Waals surface area contributed by atoms with Gasteiger partial charge in [-0.3, -0.25) is 0 Å². The van der Waals surface area contributed by atoms with Gasteiger partial charge in [-0.2, -0.15) is 0 Å².